The standard InChI is InChI=1S/C10H10Br2N2/c1-5-4-6(11)8-9(7(5)12)14-10(2,3)13-8/h4H,1-3H3. The van der Waals surface area contributed by atoms with Crippen LogP contribution in [-0.2, 0) is 0 Å². The minimum Gasteiger partial charge on any atom is -0.253 e. The Labute approximate surface area is 99.4 Å². The Morgan fingerprint density at radius 3 is 2.36 bits per heavy atom. The maximum absolute atomic E-state index is 4.56. The summed E-state index contributed by atoms with van der Waals surface area (Å²) in [7, 11) is 0. The van der Waals surface area contributed by atoms with Crippen molar-refractivity contribution in [3.63, 3.8) is 0 Å². The summed E-state index contributed by atoms with van der Waals surface area (Å²) in [6, 6.07) is 2.06. The summed E-state index contributed by atoms with van der Waals surface area (Å²) >= 11 is 7.05. The maximum Gasteiger partial charge on any atom is 0.146 e. The van der Waals surface area contributed by atoms with Gasteiger partial charge in [-0.2, -0.15) is 0 Å². The number of aryl methyl sites for hydroxylation is 1. The van der Waals surface area contributed by atoms with E-state index in [2.05, 4.69) is 54.8 Å². The van der Waals surface area contributed by atoms with Crippen LogP contribution in [0.5, 0.6) is 0 Å². The smallest absolute Gasteiger partial charge is 0.146 e. The largest absolute Gasteiger partial charge is 0.253 e. The van der Waals surface area contributed by atoms with Crippen molar-refractivity contribution in [3.05, 3.63) is 31.3 Å². The van der Waals surface area contributed by atoms with Crippen LogP contribution >= 0.6 is 31.9 Å². The molecular weight excluding hydrogens is 308 g/mol. The van der Waals surface area contributed by atoms with E-state index < -0.39 is 0 Å². The van der Waals surface area contributed by atoms with Crippen molar-refractivity contribution in [2.75, 3.05) is 0 Å². The van der Waals surface area contributed by atoms with Gasteiger partial charge in [0, 0.05) is 8.95 Å². The normalized spacial score (nSPS) is 17.2. The molecule has 0 radical (unpaired) electrons. The zero-order valence-electron chi connectivity index (χ0n) is 8.23. The van der Waals surface area contributed by atoms with Gasteiger partial charge in [-0.1, -0.05) is 0 Å². The number of benzene rings is 1. The second-order valence-electron chi connectivity index (χ2n) is 3.90. The monoisotopic (exact) mass is 316 g/mol. The Balaban J connectivity index is 2.94. The van der Waals surface area contributed by atoms with Gasteiger partial charge in [0.25, 0.3) is 0 Å². The third kappa shape index (κ3) is 1.54. The first-order valence-corrected chi connectivity index (χ1v) is 5.94. The first-order valence-electron chi connectivity index (χ1n) is 4.35. The lowest BCUT2D eigenvalue weighted by molar-refractivity contribution is 0.548. The zero-order chi connectivity index (χ0) is 10.5. The average molecular weight is 318 g/mol. The van der Waals surface area contributed by atoms with Crippen LogP contribution in [0.3, 0.4) is 0 Å². The van der Waals surface area contributed by atoms with Crippen LogP contribution in [0.1, 0.15) is 19.4 Å². The third-order valence-corrected chi connectivity index (χ3v) is 3.72. The molecule has 74 valence electrons. The van der Waals surface area contributed by atoms with Gasteiger partial charge in [-0.05, 0) is 64.3 Å². The predicted octanol–water partition coefficient (Wildman–Crippen LogP) is 2.51. The molecule has 0 amide bonds. The van der Waals surface area contributed by atoms with Crippen molar-refractivity contribution in [1.29, 1.82) is 0 Å². The van der Waals surface area contributed by atoms with E-state index >= 15 is 0 Å². The minimum absolute atomic E-state index is 0.332. The minimum atomic E-state index is -0.332. The molecular formula is C10H10Br2N2. The van der Waals surface area contributed by atoms with E-state index in [1.54, 1.807) is 0 Å². The molecule has 0 spiro atoms. The molecule has 1 aliphatic heterocycles. The quantitative estimate of drug-likeness (QED) is 0.702. The van der Waals surface area contributed by atoms with E-state index in [9.17, 15) is 0 Å². The van der Waals surface area contributed by atoms with Crippen molar-refractivity contribution in [2.24, 2.45) is 9.98 Å². The number of nitrogens with zero attached hydrogens (tertiary/aromatic N) is 2. The Kier molecular flexibility index (Phi) is 2.31. The van der Waals surface area contributed by atoms with Gasteiger partial charge in [-0.15, -0.1) is 0 Å². The van der Waals surface area contributed by atoms with Crippen molar-refractivity contribution in [1.82, 2.24) is 0 Å². The van der Waals surface area contributed by atoms with Crippen LogP contribution in [0, 0.1) is 6.92 Å². The Morgan fingerprint density at radius 1 is 1.14 bits per heavy atom. The van der Waals surface area contributed by atoms with Gasteiger partial charge in [0.05, 0.1) is 0 Å². The lowest BCUT2D eigenvalue weighted by Gasteiger charge is -2.07. The highest BCUT2D eigenvalue weighted by Crippen LogP contribution is 2.18. The molecule has 0 aromatic heterocycles. The molecule has 0 fully saturated rings. The highest BCUT2D eigenvalue weighted by Gasteiger charge is 2.21. The van der Waals surface area contributed by atoms with Gasteiger partial charge in [-0.3, -0.25) is 9.98 Å². The Morgan fingerprint density at radius 2 is 1.71 bits per heavy atom. The number of hydrogen-bond acceptors (Lipinski definition) is 2. The summed E-state index contributed by atoms with van der Waals surface area (Å²) in [5.41, 5.74) is 0.841. The number of fused-ring (bicyclic) bond motifs is 1. The molecule has 14 heavy (non-hydrogen) atoms. The molecule has 1 aromatic carbocycles. The van der Waals surface area contributed by atoms with E-state index in [1.807, 2.05) is 13.8 Å². The molecule has 2 nitrogen and oxygen atoms in total. The molecule has 0 unspecified atom stereocenters. The number of halogens is 2. The van der Waals surface area contributed by atoms with Gasteiger partial charge in [0.2, 0.25) is 0 Å². The fourth-order valence-corrected chi connectivity index (χ4v) is 2.52. The first-order chi connectivity index (χ1) is 6.41. The van der Waals surface area contributed by atoms with Gasteiger partial charge in [-0.25, -0.2) is 0 Å². The highest BCUT2D eigenvalue weighted by molar-refractivity contribution is 9.11. The molecule has 1 aromatic rings. The lowest BCUT2D eigenvalue weighted by atomic mass is 10.2. The molecule has 0 aliphatic carbocycles. The highest BCUT2D eigenvalue weighted by atomic mass is 79.9. The molecule has 0 N–H and O–H groups in total. The summed E-state index contributed by atoms with van der Waals surface area (Å²) in [6.07, 6.45) is 0. The summed E-state index contributed by atoms with van der Waals surface area (Å²) in [4.78, 5) is 9.10. The van der Waals surface area contributed by atoms with Crippen LogP contribution in [0.2, 0.25) is 0 Å². The molecule has 4 heteroatoms. The Hall–Kier alpha value is -0.220. The summed E-state index contributed by atoms with van der Waals surface area (Å²) in [5, 5.41) is 1.91. The lowest BCUT2D eigenvalue weighted by Crippen LogP contribution is -2.25. The molecule has 0 bridgehead atoms. The SMILES string of the molecule is Cc1cc(Br)c2c(c1Br)=NC(C)(C)N=2. The molecule has 0 saturated heterocycles. The first kappa shape index (κ1) is 10.3. The fourth-order valence-electron chi connectivity index (χ4n) is 1.51. The van der Waals surface area contributed by atoms with E-state index in [-0.39, 0.29) is 5.66 Å². The third-order valence-electron chi connectivity index (χ3n) is 2.12. The van der Waals surface area contributed by atoms with Crippen LogP contribution < -0.4 is 10.7 Å². The molecule has 1 aliphatic rings. The van der Waals surface area contributed by atoms with Crippen molar-refractivity contribution in [2.45, 2.75) is 26.4 Å². The Bertz CT molecular complexity index is 518. The van der Waals surface area contributed by atoms with Crippen LogP contribution in [0.25, 0.3) is 0 Å². The van der Waals surface area contributed by atoms with E-state index in [4.69, 9.17) is 0 Å². The molecule has 0 atom stereocenters. The molecule has 0 saturated carbocycles. The van der Waals surface area contributed by atoms with E-state index in [1.165, 1.54) is 5.56 Å². The van der Waals surface area contributed by atoms with Gasteiger partial charge in [0.1, 0.15) is 16.4 Å². The second kappa shape index (κ2) is 3.14. The molecule has 2 rings (SSSR count). The van der Waals surface area contributed by atoms with Crippen molar-refractivity contribution < 1.29 is 0 Å². The van der Waals surface area contributed by atoms with Crippen LogP contribution in [0.4, 0.5) is 0 Å². The number of hydrogen-bond donors (Lipinski definition) is 0. The van der Waals surface area contributed by atoms with Gasteiger partial charge < -0.3 is 0 Å². The zero-order valence-corrected chi connectivity index (χ0v) is 11.4. The van der Waals surface area contributed by atoms with Gasteiger partial charge >= 0.3 is 0 Å². The summed E-state index contributed by atoms with van der Waals surface area (Å²) in [5.74, 6) is 0. The fraction of sp³-hybridized carbons (Fsp3) is 0.400. The summed E-state index contributed by atoms with van der Waals surface area (Å²) in [6.45, 7) is 6.05. The second-order valence-corrected chi connectivity index (χ2v) is 5.55. The van der Waals surface area contributed by atoms with Crippen LogP contribution in [0.15, 0.2) is 25.0 Å². The van der Waals surface area contributed by atoms with Gasteiger partial charge in [0.15, 0.2) is 0 Å². The van der Waals surface area contributed by atoms with E-state index in [0.717, 1.165) is 19.7 Å². The molecule has 1 heterocycles. The topological polar surface area (TPSA) is 24.7 Å². The average Bonchev–Trinajstić information content (AvgIpc) is 2.38. The van der Waals surface area contributed by atoms with E-state index in [0.29, 0.717) is 0 Å². The van der Waals surface area contributed by atoms with Crippen molar-refractivity contribution in [3.8, 4) is 0 Å². The predicted molar refractivity (Wildman–Crippen MR) is 63.0 cm³/mol. The van der Waals surface area contributed by atoms with Crippen molar-refractivity contribution >= 4 is 31.9 Å². The maximum atomic E-state index is 4.56. The number of rotatable bonds is 0. The summed E-state index contributed by atoms with van der Waals surface area (Å²) < 4.78 is 2.06. The van der Waals surface area contributed by atoms with Crippen LogP contribution in [-0.4, -0.2) is 5.66 Å².